The molecule has 126 valence electrons. The maximum atomic E-state index is 12.7. The molecule has 1 unspecified atom stereocenters. The molecular formula is C16H23N3O4. The Bertz CT molecular complexity index is 560. The topological polar surface area (TPSA) is 82.9 Å². The Morgan fingerprint density at radius 3 is 2.22 bits per heavy atom. The molecule has 1 aromatic rings. The minimum Gasteiger partial charge on any atom is -0.459 e. The second-order valence-corrected chi connectivity index (χ2v) is 6.00. The van der Waals surface area contributed by atoms with Crippen molar-refractivity contribution in [2.75, 3.05) is 26.2 Å². The van der Waals surface area contributed by atoms with Crippen molar-refractivity contribution in [3.8, 4) is 0 Å². The molecule has 1 fully saturated rings. The highest BCUT2D eigenvalue weighted by Gasteiger charge is 2.31. The van der Waals surface area contributed by atoms with E-state index in [-0.39, 0.29) is 23.5 Å². The van der Waals surface area contributed by atoms with Crippen molar-refractivity contribution in [3.05, 3.63) is 24.2 Å². The second-order valence-electron chi connectivity index (χ2n) is 6.00. The number of hydrogen-bond acceptors (Lipinski definition) is 4. The van der Waals surface area contributed by atoms with Gasteiger partial charge in [0.1, 0.15) is 6.04 Å². The van der Waals surface area contributed by atoms with E-state index in [1.54, 1.807) is 21.9 Å². The average molecular weight is 321 g/mol. The van der Waals surface area contributed by atoms with E-state index in [9.17, 15) is 14.4 Å². The van der Waals surface area contributed by atoms with Gasteiger partial charge in [0.2, 0.25) is 11.8 Å². The summed E-state index contributed by atoms with van der Waals surface area (Å²) < 4.78 is 5.06. The molecule has 0 spiro atoms. The van der Waals surface area contributed by atoms with Crippen LogP contribution >= 0.6 is 0 Å². The van der Waals surface area contributed by atoms with Crippen LogP contribution in [-0.2, 0) is 9.59 Å². The first-order chi connectivity index (χ1) is 10.9. The third-order valence-electron chi connectivity index (χ3n) is 4.00. The fourth-order valence-electron chi connectivity index (χ4n) is 2.57. The molecule has 0 bridgehead atoms. The van der Waals surface area contributed by atoms with Crippen LogP contribution < -0.4 is 5.32 Å². The van der Waals surface area contributed by atoms with Crippen LogP contribution in [0.15, 0.2) is 22.8 Å². The predicted molar refractivity (Wildman–Crippen MR) is 83.6 cm³/mol. The van der Waals surface area contributed by atoms with Gasteiger partial charge in [-0.2, -0.15) is 0 Å². The zero-order valence-corrected chi connectivity index (χ0v) is 13.7. The van der Waals surface area contributed by atoms with E-state index in [0.29, 0.717) is 26.2 Å². The number of furan rings is 1. The van der Waals surface area contributed by atoms with E-state index < -0.39 is 11.9 Å². The lowest BCUT2D eigenvalue weighted by Gasteiger charge is -2.36. The molecule has 1 aromatic heterocycles. The van der Waals surface area contributed by atoms with E-state index in [2.05, 4.69) is 5.32 Å². The summed E-state index contributed by atoms with van der Waals surface area (Å²) >= 11 is 0. The van der Waals surface area contributed by atoms with Gasteiger partial charge in [-0.15, -0.1) is 0 Å². The Kier molecular flexibility index (Phi) is 5.41. The van der Waals surface area contributed by atoms with Crippen LogP contribution in [0.25, 0.3) is 0 Å². The lowest BCUT2D eigenvalue weighted by molar-refractivity contribution is -0.140. The Balaban J connectivity index is 1.99. The molecule has 1 aliphatic rings. The van der Waals surface area contributed by atoms with Gasteiger partial charge in [-0.1, -0.05) is 13.8 Å². The Hall–Kier alpha value is -2.31. The molecule has 3 amide bonds. The van der Waals surface area contributed by atoms with Crippen LogP contribution in [-0.4, -0.2) is 59.7 Å². The normalized spacial score (nSPS) is 16.3. The molecular weight excluding hydrogens is 298 g/mol. The van der Waals surface area contributed by atoms with Gasteiger partial charge in [0, 0.05) is 33.1 Å². The van der Waals surface area contributed by atoms with E-state index in [1.807, 2.05) is 13.8 Å². The van der Waals surface area contributed by atoms with Crippen LogP contribution in [0.1, 0.15) is 31.3 Å². The fourth-order valence-corrected chi connectivity index (χ4v) is 2.57. The largest absolute Gasteiger partial charge is 0.459 e. The summed E-state index contributed by atoms with van der Waals surface area (Å²) in [5.74, 6) is -0.367. The number of carbonyl (C=O) groups is 3. The minimum absolute atomic E-state index is 0.0173. The maximum absolute atomic E-state index is 12.7. The van der Waals surface area contributed by atoms with Crippen molar-refractivity contribution < 1.29 is 18.8 Å². The summed E-state index contributed by atoms with van der Waals surface area (Å²) in [7, 11) is 0. The molecule has 0 aliphatic carbocycles. The zero-order valence-electron chi connectivity index (χ0n) is 13.7. The van der Waals surface area contributed by atoms with E-state index in [0.717, 1.165) is 0 Å². The highest BCUT2D eigenvalue weighted by atomic mass is 16.3. The van der Waals surface area contributed by atoms with Gasteiger partial charge in [0.15, 0.2) is 5.76 Å². The van der Waals surface area contributed by atoms with Crippen LogP contribution in [0.5, 0.6) is 0 Å². The summed E-state index contributed by atoms with van der Waals surface area (Å²) in [4.78, 5) is 39.6. The Morgan fingerprint density at radius 1 is 1.13 bits per heavy atom. The fraction of sp³-hybridized carbons (Fsp3) is 0.562. The summed E-state index contributed by atoms with van der Waals surface area (Å²) in [6, 6.07) is 2.57. The van der Waals surface area contributed by atoms with Crippen LogP contribution in [0.3, 0.4) is 0 Å². The Labute approximate surface area is 135 Å². The second kappa shape index (κ2) is 7.30. The van der Waals surface area contributed by atoms with E-state index in [4.69, 9.17) is 4.42 Å². The number of nitrogens with zero attached hydrogens (tertiary/aromatic N) is 2. The van der Waals surface area contributed by atoms with Crippen molar-refractivity contribution in [3.63, 3.8) is 0 Å². The van der Waals surface area contributed by atoms with Crippen LogP contribution in [0.2, 0.25) is 0 Å². The molecule has 23 heavy (non-hydrogen) atoms. The molecule has 0 saturated carbocycles. The monoisotopic (exact) mass is 321 g/mol. The molecule has 0 aromatic carbocycles. The summed E-state index contributed by atoms with van der Waals surface area (Å²) in [5.41, 5.74) is 0. The molecule has 2 heterocycles. The Morgan fingerprint density at radius 2 is 1.74 bits per heavy atom. The average Bonchev–Trinajstić information content (AvgIpc) is 3.06. The number of carbonyl (C=O) groups excluding carboxylic acids is 3. The van der Waals surface area contributed by atoms with Crippen molar-refractivity contribution >= 4 is 17.7 Å². The van der Waals surface area contributed by atoms with Gasteiger partial charge in [-0.25, -0.2) is 0 Å². The van der Waals surface area contributed by atoms with Crippen molar-refractivity contribution in [2.45, 2.75) is 26.8 Å². The van der Waals surface area contributed by atoms with Gasteiger partial charge in [0.25, 0.3) is 5.91 Å². The number of hydrogen-bond donors (Lipinski definition) is 1. The maximum Gasteiger partial charge on any atom is 0.287 e. The number of piperazine rings is 1. The third-order valence-corrected chi connectivity index (χ3v) is 4.00. The highest BCUT2D eigenvalue weighted by Crippen LogP contribution is 2.11. The summed E-state index contributed by atoms with van der Waals surface area (Å²) in [5, 5.41) is 2.75. The van der Waals surface area contributed by atoms with Gasteiger partial charge in [-0.3, -0.25) is 14.4 Å². The standard InChI is InChI=1S/C16H23N3O4/c1-11(2)14(17-15(21)13-5-4-10-23-13)16(22)19-8-6-18(7-9-19)12(3)20/h4-5,10-11,14H,6-9H2,1-3H3,(H,17,21). The molecule has 0 radical (unpaired) electrons. The lowest BCUT2D eigenvalue weighted by atomic mass is 10.0. The first kappa shape index (κ1) is 17.1. The van der Waals surface area contributed by atoms with E-state index in [1.165, 1.54) is 13.2 Å². The smallest absolute Gasteiger partial charge is 0.287 e. The van der Waals surface area contributed by atoms with Crippen molar-refractivity contribution in [2.24, 2.45) is 5.92 Å². The molecule has 7 nitrogen and oxygen atoms in total. The molecule has 7 heteroatoms. The van der Waals surface area contributed by atoms with Crippen LogP contribution in [0.4, 0.5) is 0 Å². The van der Waals surface area contributed by atoms with Gasteiger partial charge in [0.05, 0.1) is 6.26 Å². The SMILES string of the molecule is CC(=O)N1CCN(C(=O)C(NC(=O)c2ccco2)C(C)C)CC1. The number of rotatable bonds is 4. The van der Waals surface area contributed by atoms with Gasteiger partial charge < -0.3 is 19.5 Å². The van der Waals surface area contributed by atoms with Crippen molar-refractivity contribution in [1.82, 2.24) is 15.1 Å². The first-order valence-electron chi connectivity index (χ1n) is 7.79. The molecule has 1 saturated heterocycles. The lowest BCUT2D eigenvalue weighted by Crippen LogP contribution is -2.56. The molecule has 2 rings (SSSR count). The quantitative estimate of drug-likeness (QED) is 0.886. The third kappa shape index (κ3) is 4.12. The van der Waals surface area contributed by atoms with Gasteiger partial charge >= 0.3 is 0 Å². The van der Waals surface area contributed by atoms with Crippen LogP contribution in [0, 0.1) is 5.92 Å². The van der Waals surface area contributed by atoms with Crippen molar-refractivity contribution in [1.29, 1.82) is 0 Å². The summed E-state index contributed by atoms with van der Waals surface area (Å²) in [6.45, 7) is 7.32. The number of nitrogens with one attached hydrogen (secondary N) is 1. The van der Waals surface area contributed by atoms with E-state index >= 15 is 0 Å². The highest BCUT2D eigenvalue weighted by molar-refractivity contribution is 5.95. The predicted octanol–water partition coefficient (Wildman–Crippen LogP) is 0.725. The first-order valence-corrected chi connectivity index (χ1v) is 7.79. The molecule has 1 N–H and O–H groups in total. The van der Waals surface area contributed by atoms with Gasteiger partial charge in [-0.05, 0) is 18.1 Å². The summed E-state index contributed by atoms with van der Waals surface area (Å²) in [6.07, 6.45) is 1.42. The zero-order chi connectivity index (χ0) is 17.0. The molecule has 1 atom stereocenters. The minimum atomic E-state index is -0.614. The number of amides is 3. The molecule has 1 aliphatic heterocycles.